The highest BCUT2D eigenvalue weighted by Crippen LogP contribution is 2.24. The largest absolute Gasteiger partial charge is 0.441 e. The first-order chi connectivity index (χ1) is 11.9. The molecule has 3 rings (SSSR count). The number of rotatable bonds is 6. The Hall–Kier alpha value is -2.11. The molecule has 25 heavy (non-hydrogen) atoms. The second-order valence-electron chi connectivity index (χ2n) is 6.55. The Morgan fingerprint density at radius 1 is 1.20 bits per heavy atom. The number of oxazole rings is 1. The van der Waals surface area contributed by atoms with Crippen molar-refractivity contribution in [3.63, 3.8) is 0 Å². The number of aromatic nitrogens is 3. The smallest absolute Gasteiger partial charge is 0.226 e. The minimum atomic E-state index is 0.385. The third-order valence-electron chi connectivity index (χ3n) is 4.21. The van der Waals surface area contributed by atoms with Crippen molar-refractivity contribution < 1.29 is 4.42 Å². The fourth-order valence-corrected chi connectivity index (χ4v) is 2.82. The molecule has 6 heteroatoms. The first-order valence-electron chi connectivity index (χ1n) is 8.36. The van der Waals surface area contributed by atoms with Crippen LogP contribution in [0, 0.1) is 6.92 Å². The van der Waals surface area contributed by atoms with E-state index in [0.717, 1.165) is 30.1 Å². The fraction of sp³-hybridized carbons (Fsp3) is 0.368. The highest BCUT2D eigenvalue weighted by atomic mass is 35.5. The zero-order chi connectivity index (χ0) is 18.0. The van der Waals surface area contributed by atoms with Gasteiger partial charge in [0.25, 0.3) is 0 Å². The molecular weight excluding hydrogens is 336 g/mol. The maximum Gasteiger partial charge on any atom is 0.226 e. The number of halogens is 1. The molecule has 3 aromatic rings. The molecule has 0 amide bonds. The van der Waals surface area contributed by atoms with Gasteiger partial charge in [-0.05, 0) is 45.0 Å². The minimum absolute atomic E-state index is 0.385. The summed E-state index contributed by atoms with van der Waals surface area (Å²) in [6, 6.07) is 7.92. The average molecular weight is 359 g/mol. The molecule has 0 bridgehead atoms. The van der Waals surface area contributed by atoms with Gasteiger partial charge in [0, 0.05) is 48.5 Å². The first-order valence-corrected chi connectivity index (χ1v) is 8.74. The van der Waals surface area contributed by atoms with Crippen molar-refractivity contribution >= 4 is 11.6 Å². The van der Waals surface area contributed by atoms with Gasteiger partial charge in [-0.3, -0.25) is 9.58 Å². The summed E-state index contributed by atoms with van der Waals surface area (Å²) in [7, 11) is 1.93. The predicted octanol–water partition coefficient (Wildman–Crippen LogP) is 4.45. The summed E-state index contributed by atoms with van der Waals surface area (Å²) in [5, 5.41) is 4.95. The zero-order valence-corrected chi connectivity index (χ0v) is 15.8. The Morgan fingerprint density at radius 2 is 1.92 bits per heavy atom. The van der Waals surface area contributed by atoms with Crippen molar-refractivity contribution in [2.75, 3.05) is 0 Å². The van der Waals surface area contributed by atoms with Gasteiger partial charge in [0.1, 0.15) is 5.76 Å². The Morgan fingerprint density at radius 3 is 2.52 bits per heavy atom. The molecule has 0 spiro atoms. The molecule has 0 aliphatic rings. The van der Waals surface area contributed by atoms with Gasteiger partial charge in [0.05, 0.1) is 11.9 Å². The van der Waals surface area contributed by atoms with E-state index in [-0.39, 0.29) is 0 Å². The van der Waals surface area contributed by atoms with Gasteiger partial charge in [-0.25, -0.2) is 4.98 Å². The van der Waals surface area contributed by atoms with E-state index in [1.54, 1.807) is 0 Å². The monoisotopic (exact) mass is 358 g/mol. The van der Waals surface area contributed by atoms with Crippen LogP contribution in [0.1, 0.15) is 30.9 Å². The molecule has 2 aromatic heterocycles. The SMILES string of the molecule is Cc1oc(-c2ccc(Cl)cc2)nc1CN(Cc1cnn(C)c1)C(C)C. The second-order valence-corrected chi connectivity index (χ2v) is 6.99. The number of nitrogens with zero attached hydrogens (tertiary/aromatic N) is 4. The maximum atomic E-state index is 5.95. The van der Waals surface area contributed by atoms with Crippen molar-refractivity contribution in [3.8, 4) is 11.5 Å². The minimum Gasteiger partial charge on any atom is -0.441 e. The van der Waals surface area contributed by atoms with Crippen LogP contribution in [0.3, 0.4) is 0 Å². The third-order valence-corrected chi connectivity index (χ3v) is 4.46. The van der Waals surface area contributed by atoms with Gasteiger partial charge in [0.15, 0.2) is 0 Å². The molecule has 0 radical (unpaired) electrons. The van der Waals surface area contributed by atoms with Crippen LogP contribution in [0.25, 0.3) is 11.5 Å². The van der Waals surface area contributed by atoms with E-state index in [4.69, 9.17) is 21.0 Å². The predicted molar refractivity (Wildman–Crippen MR) is 99.3 cm³/mol. The van der Waals surface area contributed by atoms with Crippen LogP contribution in [-0.4, -0.2) is 25.7 Å². The summed E-state index contributed by atoms with van der Waals surface area (Å²) in [6.07, 6.45) is 3.95. The molecule has 0 saturated carbocycles. The highest BCUT2D eigenvalue weighted by molar-refractivity contribution is 6.30. The second kappa shape index (κ2) is 7.42. The van der Waals surface area contributed by atoms with Gasteiger partial charge in [0.2, 0.25) is 5.89 Å². The van der Waals surface area contributed by atoms with Crippen LogP contribution in [0.5, 0.6) is 0 Å². The van der Waals surface area contributed by atoms with Crippen molar-refractivity contribution in [1.82, 2.24) is 19.7 Å². The lowest BCUT2D eigenvalue weighted by Gasteiger charge is -2.25. The molecule has 132 valence electrons. The van der Waals surface area contributed by atoms with E-state index in [9.17, 15) is 0 Å². The van der Waals surface area contributed by atoms with Crippen molar-refractivity contribution in [3.05, 3.63) is 58.7 Å². The molecule has 1 aromatic carbocycles. The van der Waals surface area contributed by atoms with Crippen LogP contribution >= 0.6 is 11.6 Å². The van der Waals surface area contributed by atoms with Crippen LogP contribution in [0.2, 0.25) is 5.02 Å². The van der Waals surface area contributed by atoms with Crippen molar-refractivity contribution in [1.29, 1.82) is 0 Å². The molecule has 0 N–H and O–H groups in total. The summed E-state index contributed by atoms with van der Waals surface area (Å²) in [5.74, 6) is 1.48. The average Bonchev–Trinajstić information content (AvgIpc) is 3.13. The summed E-state index contributed by atoms with van der Waals surface area (Å²) in [4.78, 5) is 7.06. The van der Waals surface area contributed by atoms with E-state index in [0.29, 0.717) is 17.0 Å². The van der Waals surface area contributed by atoms with E-state index in [1.165, 1.54) is 5.56 Å². The lowest BCUT2D eigenvalue weighted by molar-refractivity contribution is 0.200. The number of aryl methyl sites for hydroxylation is 2. The lowest BCUT2D eigenvalue weighted by Crippen LogP contribution is -2.30. The standard InChI is InChI=1S/C19H23ClN4O/c1-13(2)24(11-15-9-21-23(4)10-15)12-18-14(3)25-19(22-18)16-5-7-17(20)8-6-16/h5-10,13H,11-12H2,1-4H3. The fourth-order valence-electron chi connectivity index (χ4n) is 2.69. The van der Waals surface area contributed by atoms with Gasteiger partial charge in [-0.2, -0.15) is 5.10 Å². The molecular formula is C19H23ClN4O. The van der Waals surface area contributed by atoms with E-state index >= 15 is 0 Å². The Balaban J connectivity index is 1.79. The van der Waals surface area contributed by atoms with Gasteiger partial charge >= 0.3 is 0 Å². The van der Waals surface area contributed by atoms with Crippen molar-refractivity contribution in [2.24, 2.45) is 7.05 Å². The first kappa shape index (κ1) is 17.7. The zero-order valence-electron chi connectivity index (χ0n) is 15.0. The normalized spacial score (nSPS) is 11.6. The highest BCUT2D eigenvalue weighted by Gasteiger charge is 2.18. The summed E-state index contributed by atoms with van der Waals surface area (Å²) in [6.45, 7) is 7.89. The summed E-state index contributed by atoms with van der Waals surface area (Å²) in [5.41, 5.74) is 3.08. The Labute approximate surface area is 153 Å². The molecule has 0 unspecified atom stereocenters. The number of hydrogen-bond acceptors (Lipinski definition) is 4. The van der Waals surface area contributed by atoms with Crippen molar-refractivity contribution in [2.45, 2.75) is 39.9 Å². The van der Waals surface area contributed by atoms with Crippen LogP contribution < -0.4 is 0 Å². The van der Waals surface area contributed by atoms with Crippen LogP contribution in [0.15, 0.2) is 41.1 Å². The summed E-state index contributed by atoms with van der Waals surface area (Å²) >= 11 is 5.95. The molecule has 0 fully saturated rings. The van der Waals surface area contributed by atoms with Gasteiger partial charge in [-0.1, -0.05) is 11.6 Å². The molecule has 2 heterocycles. The van der Waals surface area contributed by atoms with E-state index < -0.39 is 0 Å². The molecule has 5 nitrogen and oxygen atoms in total. The van der Waals surface area contributed by atoms with E-state index in [2.05, 4.69) is 23.8 Å². The Bertz CT molecular complexity index is 835. The topological polar surface area (TPSA) is 47.1 Å². The van der Waals surface area contributed by atoms with Gasteiger partial charge in [-0.15, -0.1) is 0 Å². The molecule has 0 saturated heterocycles. The van der Waals surface area contributed by atoms with E-state index in [1.807, 2.05) is 55.3 Å². The van der Waals surface area contributed by atoms with Crippen LogP contribution in [-0.2, 0) is 20.1 Å². The maximum absolute atomic E-state index is 5.95. The lowest BCUT2D eigenvalue weighted by atomic mass is 10.2. The van der Waals surface area contributed by atoms with Gasteiger partial charge < -0.3 is 4.42 Å². The van der Waals surface area contributed by atoms with Crippen LogP contribution in [0.4, 0.5) is 0 Å². The number of benzene rings is 1. The molecule has 0 atom stereocenters. The third kappa shape index (κ3) is 4.30. The quantitative estimate of drug-likeness (QED) is 0.653. The number of hydrogen-bond donors (Lipinski definition) is 0. The molecule has 0 aliphatic heterocycles. The Kier molecular flexibility index (Phi) is 5.25. The molecule has 0 aliphatic carbocycles. The summed E-state index contributed by atoms with van der Waals surface area (Å²) < 4.78 is 7.71.